The second-order valence-corrected chi connectivity index (χ2v) is 7.53. The zero-order valence-corrected chi connectivity index (χ0v) is 18.1. The highest BCUT2D eigenvalue weighted by molar-refractivity contribution is 6.31. The lowest BCUT2D eigenvalue weighted by molar-refractivity contribution is 0.0734. The van der Waals surface area contributed by atoms with E-state index < -0.39 is 0 Å². The zero-order chi connectivity index (χ0) is 19.2. The molecule has 1 fully saturated rings. The van der Waals surface area contributed by atoms with E-state index in [4.69, 9.17) is 11.6 Å². The van der Waals surface area contributed by atoms with Gasteiger partial charge in [-0.15, -0.1) is 17.5 Å². The summed E-state index contributed by atoms with van der Waals surface area (Å²) in [5.74, 6) is -0.0685. The predicted octanol–water partition coefficient (Wildman–Crippen LogP) is 4.03. The molecule has 8 heteroatoms. The number of piperidine rings is 1. The van der Waals surface area contributed by atoms with Crippen molar-refractivity contribution in [2.45, 2.75) is 52.1 Å². The fourth-order valence-electron chi connectivity index (χ4n) is 3.52. The van der Waals surface area contributed by atoms with Gasteiger partial charge >= 0.3 is 0 Å². The number of carbonyl (C=O) groups is 1. The van der Waals surface area contributed by atoms with Crippen molar-refractivity contribution in [3.05, 3.63) is 46.2 Å². The number of benzene rings is 1. The van der Waals surface area contributed by atoms with Gasteiger partial charge in [0.1, 0.15) is 0 Å². The molecule has 1 aromatic carbocycles. The van der Waals surface area contributed by atoms with Crippen LogP contribution in [-0.2, 0) is 6.54 Å². The van der Waals surface area contributed by atoms with Crippen LogP contribution in [0.25, 0.3) is 0 Å². The maximum absolute atomic E-state index is 13.2. The van der Waals surface area contributed by atoms with Crippen molar-refractivity contribution in [3.63, 3.8) is 0 Å². The van der Waals surface area contributed by atoms with Crippen LogP contribution in [0.4, 0.5) is 0 Å². The second kappa shape index (κ2) is 10.8. The summed E-state index contributed by atoms with van der Waals surface area (Å²) < 4.78 is 1.93. The second-order valence-electron chi connectivity index (χ2n) is 7.12. The Kier molecular flexibility index (Phi) is 8.73. The molecular weight excluding hydrogens is 397 g/mol. The van der Waals surface area contributed by atoms with Gasteiger partial charge in [0.25, 0.3) is 5.91 Å². The molecule has 2 heterocycles. The smallest absolute Gasteiger partial charge is 0.276 e. The number of hydrogen-bond donors (Lipinski definition) is 1. The Balaban J connectivity index is 0.00000280. The summed E-state index contributed by atoms with van der Waals surface area (Å²) in [4.78, 5) is 15.1. The van der Waals surface area contributed by atoms with Crippen molar-refractivity contribution in [2.24, 2.45) is 0 Å². The van der Waals surface area contributed by atoms with Crippen LogP contribution in [0, 0.1) is 6.92 Å². The van der Waals surface area contributed by atoms with Crippen LogP contribution in [0.1, 0.15) is 60.4 Å². The number of halogens is 2. The largest absolute Gasteiger partial charge is 0.333 e. The lowest BCUT2D eigenvalue weighted by Crippen LogP contribution is -2.33. The Hall–Kier alpha value is -1.63. The fraction of sp³-hybridized carbons (Fsp3) is 0.550. The van der Waals surface area contributed by atoms with Gasteiger partial charge in [-0.3, -0.25) is 4.79 Å². The van der Waals surface area contributed by atoms with Crippen LogP contribution < -0.4 is 5.32 Å². The van der Waals surface area contributed by atoms with Crippen molar-refractivity contribution in [2.75, 3.05) is 19.6 Å². The summed E-state index contributed by atoms with van der Waals surface area (Å²) in [7, 11) is 0. The third kappa shape index (κ3) is 5.25. The number of nitrogens with zero attached hydrogens (tertiary/aromatic N) is 4. The van der Waals surface area contributed by atoms with E-state index in [1.165, 1.54) is 0 Å². The maximum atomic E-state index is 13.2. The quantitative estimate of drug-likeness (QED) is 0.726. The molecule has 1 aliphatic heterocycles. The number of hydrogen-bond acceptors (Lipinski definition) is 4. The summed E-state index contributed by atoms with van der Waals surface area (Å²) in [6.07, 6.45) is 3.98. The molecule has 3 rings (SSSR count). The van der Waals surface area contributed by atoms with Crippen LogP contribution in [0.2, 0.25) is 5.02 Å². The van der Waals surface area contributed by atoms with E-state index in [2.05, 4.69) is 22.6 Å². The van der Waals surface area contributed by atoms with E-state index in [-0.39, 0.29) is 18.3 Å². The fourth-order valence-corrected chi connectivity index (χ4v) is 3.72. The number of amides is 1. The molecule has 0 saturated carbocycles. The number of unbranched alkanes of at least 4 members (excludes halogenated alkanes) is 1. The summed E-state index contributed by atoms with van der Waals surface area (Å²) in [6, 6.07) is 7.99. The van der Waals surface area contributed by atoms with Crippen LogP contribution in [-0.4, -0.2) is 45.4 Å². The van der Waals surface area contributed by atoms with Crippen LogP contribution in [0.5, 0.6) is 0 Å². The van der Waals surface area contributed by atoms with E-state index in [1.54, 1.807) is 0 Å². The van der Waals surface area contributed by atoms with E-state index in [9.17, 15) is 4.79 Å². The molecule has 1 amide bonds. The van der Waals surface area contributed by atoms with Crippen LogP contribution in [0.3, 0.4) is 0 Å². The third-order valence-corrected chi connectivity index (χ3v) is 5.54. The molecule has 1 saturated heterocycles. The lowest BCUT2D eigenvalue weighted by Gasteiger charge is -2.24. The average molecular weight is 426 g/mol. The monoisotopic (exact) mass is 425 g/mol. The highest BCUT2D eigenvalue weighted by atomic mass is 35.5. The normalized spacial score (nSPS) is 14.5. The van der Waals surface area contributed by atoms with E-state index in [0.29, 0.717) is 29.8 Å². The molecule has 1 aromatic heterocycles. The van der Waals surface area contributed by atoms with Gasteiger partial charge in [-0.05, 0) is 50.9 Å². The third-order valence-electron chi connectivity index (χ3n) is 5.17. The molecule has 0 radical (unpaired) electrons. The highest BCUT2D eigenvalue weighted by Gasteiger charge is 2.26. The molecule has 0 bridgehead atoms. The van der Waals surface area contributed by atoms with Crippen molar-refractivity contribution >= 4 is 29.9 Å². The minimum Gasteiger partial charge on any atom is -0.333 e. The molecule has 0 aliphatic carbocycles. The first-order valence-electron chi connectivity index (χ1n) is 9.77. The predicted molar refractivity (Wildman–Crippen MR) is 114 cm³/mol. The molecule has 1 aliphatic rings. The first kappa shape index (κ1) is 22.7. The van der Waals surface area contributed by atoms with Crippen molar-refractivity contribution in [1.29, 1.82) is 0 Å². The number of nitrogens with one attached hydrogen (secondary N) is 1. The maximum Gasteiger partial charge on any atom is 0.276 e. The van der Waals surface area contributed by atoms with Gasteiger partial charge in [0.05, 0.1) is 11.7 Å². The van der Waals surface area contributed by atoms with Gasteiger partial charge in [-0.25, -0.2) is 4.68 Å². The molecule has 2 aromatic rings. The summed E-state index contributed by atoms with van der Waals surface area (Å²) in [5, 5.41) is 12.6. The SMILES string of the molecule is CCCCN(Cc1ccccc1Cl)C(=O)c1nnn(C2CCNCC2)c1C.Cl. The Morgan fingerprint density at radius 3 is 2.71 bits per heavy atom. The number of aromatic nitrogens is 3. The highest BCUT2D eigenvalue weighted by Crippen LogP contribution is 2.22. The van der Waals surface area contributed by atoms with Crippen LogP contribution in [0.15, 0.2) is 24.3 Å². The molecule has 0 unspecified atom stereocenters. The first-order valence-corrected chi connectivity index (χ1v) is 10.1. The Bertz CT molecular complexity index is 774. The van der Waals surface area contributed by atoms with E-state index in [0.717, 1.165) is 50.0 Å². The van der Waals surface area contributed by atoms with Crippen molar-refractivity contribution in [1.82, 2.24) is 25.2 Å². The molecule has 6 nitrogen and oxygen atoms in total. The van der Waals surface area contributed by atoms with Gasteiger partial charge in [0, 0.05) is 18.1 Å². The van der Waals surface area contributed by atoms with Gasteiger partial charge in [0.15, 0.2) is 5.69 Å². The first-order chi connectivity index (χ1) is 13.1. The van der Waals surface area contributed by atoms with Gasteiger partial charge in [-0.1, -0.05) is 48.4 Å². The van der Waals surface area contributed by atoms with E-state index >= 15 is 0 Å². The standard InChI is InChI=1S/C20H28ClN5O.ClH/c1-3-4-13-25(14-16-7-5-6-8-18(16)21)20(27)19-15(2)26(24-23-19)17-9-11-22-12-10-17;/h5-8,17,22H,3-4,9-14H2,1-2H3;1H. The lowest BCUT2D eigenvalue weighted by atomic mass is 10.1. The summed E-state index contributed by atoms with van der Waals surface area (Å²) in [6.45, 7) is 7.18. The molecular formula is C20H29Cl2N5O. The summed E-state index contributed by atoms with van der Waals surface area (Å²) in [5.41, 5.74) is 2.26. The molecule has 1 N–H and O–H groups in total. The molecule has 28 heavy (non-hydrogen) atoms. The average Bonchev–Trinajstić information content (AvgIpc) is 3.08. The molecule has 0 spiro atoms. The van der Waals surface area contributed by atoms with Crippen molar-refractivity contribution < 1.29 is 4.79 Å². The Labute approximate surface area is 178 Å². The van der Waals surface area contributed by atoms with Gasteiger partial charge in [-0.2, -0.15) is 0 Å². The molecule has 154 valence electrons. The van der Waals surface area contributed by atoms with Crippen LogP contribution >= 0.6 is 24.0 Å². The Morgan fingerprint density at radius 1 is 1.32 bits per heavy atom. The zero-order valence-electron chi connectivity index (χ0n) is 16.5. The minimum absolute atomic E-state index is 0. The minimum atomic E-state index is -0.0685. The number of carbonyl (C=O) groups excluding carboxylic acids is 1. The molecule has 0 atom stereocenters. The summed E-state index contributed by atoms with van der Waals surface area (Å²) >= 11 is 6.31. The van der Waals surface area contributed by atoms with Gasteiger partial charge < -0.3 is 10.2 Å². The van der Waals surface area contributed by atoms with Gasteiger partial charge in [0.2, 0.25) is 0 Å². The van der Waals surface area contributed by atoms with Crippen molar-refractivity contribution in [3.8, 4) is 0 Å². The number of rotatable bonds is 7. The topological polar surface area (TPSA) is 63.1 Å². The Morgan fingerprint density at radius 2 is 2.04 bits per heavy atom. The van der Waals surface area contributed by atoms with E-state index in [1.807, 2.05) is 40.8 Å².